The van der Waals surface area contributed by atoms with Gasteiger partial charge in [0, 0.05) is 17.0 Å². The van der Waals surface area contributed by atoms with E-state index >= 15 is 0 Å². The topological polar surface area (TPSA) is 64.0 Å². The minimum atomic E-state index is -0.157. The second-order valence-corrected chi connectivity index (χ2v) is 8.13. The lowest BCUT2D eigenvalue weighted by molar-refractivity contribution is -0.122. The average molecular weight is 382 g/mol. The van der Waals surface area contributed by atoms with Crippen LogP contribution in [0.15, 0.2) is 40.8 Å². The molecular formula is C21H23N3O2S. The summed E-state index contributed by atoms with van der Waals surface area (Å²) < 4.78 is 1.42. The lowest BCUT2D eigenvalue weighted by Crippen LogP contribution is -2.39. The van der Waals surface area contributed by atoms with Gasteiger partial charge in [-0.3, -0.25) is 14.2 Å². The van der Waals surface area contributed by atoms with Crippen molar-refractivity contribution in [3.63, 3.8) is 0 Å². The van der Waals surface area contributed by atoms with Crippen LogP contribution in [0.5, 0.6) is 0 Å². The van der Waals surface area contributed by atoms with Gasteiger partial charge in [0.1, 0.15) is 11.4 Å². The van der Waals surface area contributed by atoms with Gasteiger partial charge in [-0.1, -0.05) is 49.1 Å². The maximum atomic E-state index is 13.0. The highest BCUT2D eigenvalue weighted by Gasteiger charge is 2.18. The van der Waals surface area contributed by atoms with Crippen LogP contribution in [0.3, 0.4) is 0 Å². The molecule has 1 aromatic carbocycles. The van der Waals surface area contributed by atoms with Crippen molar-refractivity contribution in [2.75, 3.05) is 0 Å². The van der Waals surface area contributed by atoms with Crippen LogP contribution in [-0.2, 0) is 11.3 Å². The summed E-state index contributed by atoms with van der Waals surface area (Å²) in [6, 6.07) is 8.34. The van der Waals surface area contributed by atoms with Crippen molar-refractivity contribution >= 4 is 27.5 Å². The number of nitrogens with one attached hydrogen (secondary N) is 1. The average Bonchev–Trinajstić information content (AvgIpc) is 3.10. The minimum Gasteiger partial charge on any atom is -0.352 e. The summed E-state index contributed by atoms with van der Waals surface area (Å²) in [7, 11) is 0. The number of carbonyl (C=O) groups is 1. The summed E-state index contributed by atoms with van der Waals surface area (Å²) in [6.07, 6.45) is 7.10. The molecule has 140 valence electrons. The number of hydrogen-bond acceptors (Lipinski definition) is 4. The van der Waals surface area contributed by atoms with Gasteiger partial charge in [-0.25, -0.2) is 4.98 Å². The smallest absolute Gasteiger partial charge is 0.263 e. The van der Waals surface area contributed by atoms with Gasteiger partial charge in [-0.05, 0) is 25.3 Å². The third-order valence-electron chi connectivity index (χ3n) is 5.21. The van der Waals surface area contributed by atoms with Crippen LogP contribution >= 0.6 is 11.3 Å². The van der Waals surface area contributed by atoms with E-state index in [-0.39, 0.29) is 24.1 Å². The fourth-order valence-electron chi connectivity index (χ4n) is 3.70. The zero-order chi connectivity index (χ0) is 18.8. The highest BCUT2D eigenvalue weighted by molar-refractivity contribution is 7.17. The van der Waals surface area contributed by atoms with Crippen LogP contribution in [0.4, 0.5) is 0 Å². The summed E-state index contributed by atoms with van der Waals surface area (Å²) in [5, 5.41) is 5.63. The molecule has 1 aliphatic carbocycles. The van der Waals surface area contributed by atoms with Crippen LogP contribution in [0, 0.1) is 6.92 Å². The molecule has 0 unspecified atom stereocenters. The predicted octanol–water partition coefficient (Wildman–Crippen LogP) is 3.88. The molecule has 0 spiro atoms. The molecule has 3 aromatic rings. The summed E-state index contributed by atoms with van der Waals surface area (Å²) in [6.45, 7) is 2.05. The first-order chi connectivity index (χ1) is 13.1. The zero-order valence-electron chi connectivity index (χ0n) is 15.4. The molecule has 4 rings (SSSR count). The van der Waals surface area contributed by atoms with Gasteiger partial charge in [0.15, 0.2) is 0 Å². The number of carbonyl (C=O) groups excluding carboxylic acids is 1. The monoisotopic (exact) mass is 381 g/mol. The standard InChI is InChI=1S/C21H23N3O2S/c1-14-7-9-15(10-8-14)17-12-27-20-19(17)21(26)24(13-22-20)11-18(25)23-16-5-3-2-4-6-16/h7-10,12-13,16H,2-6,11H2,1H3,(H,23,25). The summed E-state index contributed by atoms with van der Waals surface area (Å²) in [4.78, 5) is 30.5. The van der Waals surface area contributed by atoms with E-state index in [2.05, 4.69) is 10.3 Å². The number of amides is 1. The molecule has 1 aliphatic rings. The number of nitrogens with zero attached hydrogens (tertiary/aromatic N) is 2. The highest BCUT2D eigenvalue weighted by Crippen LogP contribution is 2.30. The Balaban J connectivity index is 1.61. The number of aryl methyl sites for hydroxylation is 1. The molecule has 1 N–H and O–H groups in total. The van der Waals surface area contributed by atoms with Crippen molar-refractivity contribution in [1.29, 1.82) is 0 Å². The molecule has 0 aliphatic heterocycles. The first-order valence-corrected chi connectivity index (χ1v) is 10.3. The molecule has 6 heteroatoms. The van der Waals surface area contributed by atoms with Crippen molar-refractivity contribution in [3.8, 4) is 11.1 Å². The van der Waals surface area contributed by atoms with Gasteiger partial charge in [0.25, 0.3) is 5.56 Å². The molecule has 27 heavy (non-hydrogen) atoms. The Morgan fingerprint density at radius 3 is 2.70 bits per heavy atom. The predicted molar refractivity (Wildman–Crippen MR) is 109 cm³/mol. The van der Waals surface area contributed by atoms with Crippen molar-refractivity contribution in [2.45, 2.75) is 51.6 Å². The van der Waals surface area contributed by atoms with E-state index < -0.39 is 0 Å². The van der Waals surface area contributed by atoms with Gasteiger partial charge in [0.2, 0.25) is 5.91 Å². The van der Waals surface area contributed by atoms with Crippen molar-refractivity contribution in [1.82, 2.24) is 14.9 Å². The maximum absolute atomic E-state index is 13.0. The Labute approximate surface area is 162 Å². The molecule has 2 heterocycles. The Bertz CT molecular complexity index is 1010. The van der Waals surface area contributed by atoms with Gasteiger partial charge in [-0.2, -0.15) is 0 Å². The summed E-state index contributed by atoms with van der Waals surface area (Å²) >= 11 is 1.46. The lowest BCUT2D eigenvalue weighted by Gasteiger charge is -2.22. The van der Waals surface area contributed by atoms with E-state index in [4.69, 9.17) is 0 Å². The van der Waals surface area contributed by atoms with Gasteiger partial charge < -0.3 is 5.32 Å². The highest BCUT2D eigenvalue weighted by atomic mass is 32.1. The molecular weight excluding hydrogens is 358 g/mol. The molecule has 0 atom stereocenters. The van der Waals surface area contributed by atoms with Crippen LogP contribution in [-0.4, -0.2) is 21.5 Å². The molecule has 1 fully saturated rings. The molecule has 0 radical (unpaired) electrons. The number of rotatable bonds is 4. The van der Waals surface area contributed by atoms with Crippen LogP contribution in [0.1, 0.15) is 37.7 Å². The quantitative estimate of drug-likeness (QED) is 0.746. The Morgan fingerprint density at radius 1 is 1.22 bits per heavy atom. The normalized spacial score (nSPS) is 15.1. The van der Waals surface area contributed by atoms with Crippen molar-refractivity contribution in [2.24, 2.45) is 0 Å². The Hall–Kier alpha value is -2.47. The first kappa shape index (κ1) is 17.9. The molecule has 5 nitrogen and oxygen atoms in total. The third-order valence-corrected chi connectivity index (χ3v) is 6.09. The van der Waals surface area contributed by atoms with Crippen LogP contribution < -0.4 is 10.9 Å². The molecule has 1 amide bonds. The van der Waals surface area contributed by atoms with Crippen molar-refractivity contribution in [3.05, 3.63) is 51.9 Å². The zero-order valence-corrected chi connectivity index (χ0v) is 16.2. The van der Waals surface area contributed by atoms with E-state index in [9.17, 15) is 9.59 Å². The lowest BCUT2D eigenvalue weighted by atomic mass is 9.95. The Kier molecular flexibility index (Phi) is 5.07. The summed E-state index contributed by atoms with van der Waals surface area (Å²) in [5.74, 6) is -0.114. The number of benzene rings is 1. The van der Waals surface area contributed by atoms with Gasteiger partial charge in [-0.15, -0.1) is 11.3 Å². The van der Waals surface area contributed by atoms with E-state index in [0.29, 0.717) is 10.2 Å². The first-order valence-electron chi connectivity index (χ1n) is 9.45. The minimum absolute atomic E-state index is 0.0153. The number of aromatic nitrogens is 2. The second kappa shape index (κ2) is 7.64. The maximum Gasteiger partial charge on any atom is 0.263 e. The number of hydrogen-bond donors (Lipinski definition) is 1. The third kappa shape index (κ3) is 3.81. The van der Waals surface area contributed by atoms with E-state index in [1.807, 2.05) is 36.6 Å². The molecule has 1 saturated carbocycles. The van der Waals surface area contributed by atoms with E-state index in [1.54, 1.807) is 0 Å². The fourth-order valence-corrected chi connectivity index (χ4v) is 4.61. The molecule has 0 bridgehead atoms. The second-order valence-electron chi connectivity index (χ2n) is 7.28. The van der Waals surface area contributed by atoms with Crippen LogP contribution in [0.2, 0.25) is 0 Å². The van der Waals surface area contributed by atoms with Gasteiger partial charge >= 0.3 is 0 Å². The Morgan fingerprint density at radius 2 is 1.96 bits per heavy atom. The number of fused-ring (bicyclic) bond motifs is 1. The van der Waals surface area contributed by atoms with Crippen LogP contribution in [0.25, 0.3) is 21.3 Å². The van der Waals surface area contributed by atoms with Gasteiger partial charge in [0.05, 0.1) is 11.7 Å². The fraction of sp³-hybridized carbons (Fsp3) is 0.381. The molecule has 2 aromatic heterocycles. The van der Waals surface area contributed by atoms with Crippen molar-refractivity contribution < 1.29 is 4.79 Å². The number of thiophene rings is 1. The largest absolute Gasteiger partial charge is 0.352 e. The van der Waals surface area contributed by atoms with E-state index in [0.717, 1.165) is 36.8 Å². The SMILES string of the molecule is Cc1ccc(-c2csc3ncn(CC(=O)NC4CCCCC4)c(=O)c23)cc1. The van der Waals surface area contributed by atoms with E-state index in [1.165, 1.54) is 34.2 Å². The summed E-state index contributed by atoms with van der Waals surface area (Å²) in [5.41, 5.74) is 2.90. The molecule has 0 saturated heterocycles.